The van der Waals surface area contributed by atoms with Crippen LogP contribution in [-0.2, 0) is 17.8 Å². The quantitative estimate of drug-likeness (QED) is 0.834. The molecule has 1 aliphatic heterocycles. The number of hydrogen-bond acceptors (Lipinski definition) is 4. The van der Waals surface area contributed by atoms with Gasteiger partial charge in [-0.05, 0) is 39.5 Å². The molecule has 0 spiro atoms. The molecule has 0 aliphatic carbocycles. The Hall–Kier alpha value is -2.11. The molecular formula is C19H28N4O2. The van der Waals surface area contributed by atoms with Crippen molar-refractivity contribution in [3.8, 4) is 0 Å². The minimum absolute atomic E-state index is 0.0139. The first-order chi connectivity index (χ1) is 11.9. The highest BCUT2D eigenvalue weighted by Crippen LogP contribution is 2.33. The highest BCUT2D eigenvalue weighted by Gasteiger charge is 2.33. The molecule has 136 valence electrons. The van der Waals surface area contributed by atoms with Crippen molar-refractivity contribution in [3.05, 3.63) is 34.5 Å². The molecule has 6 nitrogen and oxygen atoms in total. The zero-order chi connectivity index (χ0) is 18.1. The summed E-state index contributed by atoms with van der Waals surface area (Å²) < 4.78 is 7.45. The molecule has 0 radical (unpaired) electrons. The van der Waals surface area contributed by atoms with Gasteiger partial charge in [0.15, 0.2) is 5.76 Å². The molecule has 0 aromatic carbocycles. The summed E-state index contributed by atoms with van der Waals surface area (Å²) in [6.07, 6.45) is 2.34. The molecule has 3 heterocycles. The van der Waals surface area contributed by atoms with Gasteiger partial charge in [0, 0.05) is 30.4 Å². The Morgan fingerprint density at radius 2 is 2.12 bits per heavy atom. The first-order valence-corrected chi connectivity index (χ1v) is 9.12. The van der Waals surface area contributed by atoms with E-state index in [1.165, 1.54) is 0 Å². The Kier molecular flexibility index (Phi) is 4.97. The lowest BCUT2D eigenvalue weighted by Crippen LogP contribution is -2.32. The van der Waals surface area contributed by atoms with Gasteiger partial charge in [0.05, 0.1) is 23.9 Å². The molecule has 2 aromatic rings. The number of aryl methyl sites for hydroxylation is 2. The maximum absolute atomic E-state index is 13.0. The van der Waals surface area contributed by atoms with E-state index >= 15 is 0 Å². The van der Waals surface area contributed by atoms with Crippen molar-refractivity contribution in [1.29, 1.82) is 0 Å². The fraction of sp³-hybridized carbons (Fsp3) is 0.632. The molecule has 6 heteroatoms. The third-order valence-electron chi connectivity index (χ3n) is 4.95. The first-order valence-electron chi connectivity index (χ1n) is 9.12. The van der Waals surface area contributed by atoms with Crippen molar-refractivity contribution in [2.75, 3.05) is 6.54 Å². The standard InChI is InChI=1S/C19H28N4O2/c1-12(2)11-23-15(5)16(14(4)20-23)10-19(24)22-8-6-7-17(22)18-9-13(3)21-25-18/h9,12,17H,6-8,10-11H2,1-5H3/t17-/m1/s1. The number of aromatic nitrogens is 3. The van der Waals surface area contributed by atoms with Gasteiger partial charge in [-0.25, -0.2) is 0 Å². The fourth-order valence-electron chi connectivity index (χ4n) is 3.67. The number of carbonyl (C=O) groups excluding carboxylic acids is 1. The van der Waals surface area contributed by atoms with E-state index in [0.717, 1.165) is 54.3 Å². The highest BCUT2D eigenvalue weighted by molar-refractivity contribution is 5.80. The van der Waals surface area contributed by atoms with Crippen molar-refractivity contribution in [3.63, 3.8) is 0 Å². The van der Waals surface area contributed by atoms with Gasteiger partial charge in [-0.2, -0.15) is 5.10 Å². The SMILES string of the molecule is Cc1cc([C@H]2CCCN2C(=O)Cc2c(C)nn(CC(C)C)c2C)on1. The first kappa shape index (κ1) is 17.7. The maximum Gasteiger partial charge on any atom is 0.227 e. The number of rotatable bonds is 5. The minimum atomic E-state index is 0.0139. The molecule has 1 amide bonds. The van der Waals surface area contributed by atoms with Gasteiger partial charge < -0.3 is 9.42 Å². The van der Waals surface area contributed by atoms with Gasteiger partial charge >= 0.3 is 0 Å². The van der Waals surface area contributed by atoms with Gasteiger partial charge in [0.25, 0.3) is 0 Å². The molecule has 1 fully saturated rings. The highest BCUT2D eigenvalue weighted by atomic mass is 16.5. The zero-order valence-corrected chi connectivity index (χ0v) is 15.9. The van der Waals surface area contributed by atoms with Crippen molar-refractivity contribution in [1.82, 2.24) is 19.8 Å². The summed E-state index contributed by atoms with van der Waals surface area (Å²) in [5.74, 6) is 1.47. The molecule has 2 aromatic heterocycles. The Balaban J connectivity index is 1.77. The predicted octanol–water partition coefficient (Wildman–Crippen LogP) is 3.36. The lowest BCUT2D eigenvalue weighted by Gasteiger charge is -2.22. The van der Waals surface area contributed by atoms with Crippen LogP contribution in [0.4, 0.5) is 0 Å². The second kappa shape index (κ2) is 7.02. The van der Waals surface area contributed by atoms with Crippen LogP contribution in [0.2, 0.25) is 0 Å². The summed E-state index contributed by atoms with van der Waals surface area (Å²) in [6.45, 7) is 12.0. The minimum Gasteiger partial charge on any atom is -0.359 e. The predicted molar refractivity (Wildman–Crippen MR) is 95.2 cm³/mol. The molecule has 0 unspecified atom stereocenters. The van der Waals surface area contributed by atoms with Crippen LogP contribution < -0.4 is 0 Å². The zero-order valence-electron chi connectivity index (χ0n) is 15.9. The van der Waals surface area contributed by atoms with Crippen LogP contribution in [-0.4, -0.2) is 32.3 Å². The molecule has 0 bridgehead atoms. The summed E-state index contributed by atoms with van der Waals surface area (Å²) in [4.78, 5) is 14.9. The van der Waals surface area contributed by atoms with Gasteiger partial charge in [0.2, 0.25) is 5.91 Å². The van der Waals surface area contributed by atoms with Crippen LogP contribution >= 0.6 is 0 Å². The molecule has 1 aliphatic rings. The Bertz CT molecular complexity index is 760. The van der Waals surface area contributed by atoms with E-state index in [2.05, 4.69) is 31.0 Å². The van der Waals surface area contributed by atoms with Crippen molar-refractivity contribution in [2.24, 2.45) is 5.92 Å². The van der Waals surface area contributed by atoms with Crippen molar-refractivity contribution in [2.45, 2.75) is 66.5 Å². The Labute approximate surface area is 149 Å². The molecule has 1 saturated heterocycles. The van der Waals surface area contributed by atoms with Crippen LogP contribution in [0.5, 0.6) is 0 Å². The summed E-state index contributed by atoms with van der Waals surface area (Å²) in [6, 6.07) is 1.95. The average Bonchev–Trinajstić information content (AvgIpc) is 3.23. The molecule has 1 atom stereocenters. The van der Waals surface area contributed by atoms with E-state index in [1.54, 1.807) is 0 Å². The largest absolute Gasteiger partial charge is 0.359 e. The maximum atomic E-state index is 13.0. The van der Waals surface area contributed by atoms with E-state index in [1.807, 2.05) is 29.5 Å². The number of likely N-dealkylation sites (tertiary alicyclic amines) is 1. The van der Waals surface area contributed by atoms with Crippen LogP contribution in [0.3, 0.4) is 0 Å². The van der Waals surface area contributed by atoms with Gasteiger partial charge in [0.1, 0.15) is 0 Å². The second-order valence-corrected chi connectivity index (χ2v) is 7.52. The van der Waals surface area contributed by atoms with E-state index in [9.17, 15) is 4.79 Å². The molecule has 3 rings (SSSR count). The third-order valence-corrected chi connectivity index (χ3v) is 4.95. The topological polar surface area (TPSA) is 64.2 Å². The second-order valence-electron chi connectivity index (χ2n) is 7.52. The summed E-state index contributed by atoms with van der Waals surface area (Å²) >= 11 is 0. The number of hydrogen-bond donors (Lipinski definition) is 0. The van der Waals surface area contributed by atoms with E-state index < -0.39 is 0 Å². The van der Waals surface area contributed by atoms with Gasteiger partial charge in [-0.15, -0.1) is 0 Å². The number of carbonyl (C=O) groups is 1. The van der Waals surface area contributed by atoms with Crippen LogP contribution in [0.1, 0.15) is 61.1 Å². The molecule has 0 saturated carbocycles. The van der Waals surface area contributed by atoms with Crippen molar-refractivity contribution < 1.29 is 9.32 Å². The number of nitrogens with zero attached hydrogens (tertiary/aromatic N) is 4. The van der Waals surface area contributed by atoms with Crippen LogP contribution in [0, 0.1) is 26.7 Å². The van der Waals surface area contributed by atoms with Crippen molar-refractivity contribution >= 4 is 5.91 Å². The summed E-state index contributed by atoms with van der Waals surface area (Å²) in [5, 5.41) is 8.60. The van der Waals surface area contributed by atoms with E-state index in [-0.39, 0.29) is 11.9 Å². The Morgan fingerprint density at radius 3 is 2.76 bits per heavy atom. The third kappa shape index (κ3) is 3.62. The summed E-state index contributed by atoms with van der Waals surface area (Å²) in [7, 11) is 0. The number of amides is 1. The normalized spacial score (nSPS) is 17.7. The van der Waals surface area contributed by atoms with Crippen LogP contribution in [0.15, 0.2) is 10.6 Å². The monoisotopic (exact) mass is 344 g/mol. The molecule has 25 heavy (non-hydrogen) atoms. The van der Waals surface area contributed by atoms with Gasteiger partial charge in [-0.3, -0.25) is 9.48 Å². The smallest absolute Gasteiger partial charge is 0.227 e. The van der Waals surface area contributed by atoms with Gasteiger partial charge in [-0.1, -0.05) is 19.0 Å². The molecular weight excluding hydrogens is 316 g/mol. The van der Waals surface area contributed by atoms with E-state index in [4.69, 9.17) is 4.52 Å². The summed E-state index contributed by atoms with van der Waals surface area (Å²) in [5.41, 5.74) is 3.98. The molecule has 0 N–H and O–H groups in total. The lowest BCUT2D eigenvalue weighted by atomic mass is 10.1. The fourth-order valence-corrected chi connectivity index (χ4v) is 3.67. The van der Waals surface area contributed by atoms with E-state index in [0.29, 0.717) is 12.3 Å². The lowest BCUT2D eigenvalue weighted by molar-refractivity contribution is -0.131. The van der Waals surface area contributed by atoms with Crippen LogP contribution in [0.25, 0.3) is 0 Å². The average molecular weight is 344 g/mol. The Morgan fingerprint density at radius 1 is 1.36 bits per heavy atom.